The van der Waals surface area contributed by atoms with Crippen molar-refractivity contribution in [2.45, 2.75) is 14.4 Å². The van der Waals surface area contributed by atoms with Crippen LogP contribution < -0.4 is 0 Å². The summed E-state index contributed by atoms with van der Waals surface area (Å²) in [5, 5.41) is 0. The van der Waals surface area contributed by atoms with E-state index in [1.165, 1.54) is 6.92 Å². The Kier molecular flexibility index (Phi) is 6.91. The number of nitrogens with zero attached hydrogens (tertiary/aromatic N) is 1. The van der Waals surface area contributed by atoms with Gasteiger partial charge in [0.25, 0.3) is 5.91 Å². The zero-order valence-corrected chi connectivity index (χ0v) is 3.56. The normalized spacial score (nSPS) is 5.29. The van der Waals surface area contributed by atoms with Gasteiger partial charge in [-0.05, 0) is 12.4 Å². The average molecular weight is 99.1 g/mol. The van der Waals surface area contributed by atoms with E-state index in [0.29, 0.717) is 0 Å². The van der Waals surface area contributed by atoms with Gasteiger partial charge in [-0.3, -0.25) is 4.79 Å². The van der Waals surface area contributed by atoms with Crippen LogP contribution in [0.25, 0.3) is 0 Å². The number of hydrogen-bond acceptors (Lipinski definition) is 1. The Morgan fingerprint density at radius 2 is 2.29 bits per heavy atom. The number of carbonyl (C=O) groups is 1. The Morgan fingerprint density at radius 1 is 1.86 bits per heavy atom. The predicted molar refractivity (Wildman–Crippen MR) is 30.5 cm³/mol. The Hall–Kier alpha value is -0.880. The monoisotopic (exact) mass is 99.1 g/mol. The summed E-state index contributed by atoms with van der Waals surface area (Å²) in [7, 11) is 0. The van der Waals surface area contributed by atoms with Gasteiger partial charge in [0.15, 0.2) is 0 Å². The summed E-state index contributed by atoms with van der Waals surface area (Å²) in [5.41, 5.74) is 0. The first-order valence-corrected chi connectivity index (χ1v) is 1.50. The highest BCUT2D eigenvalue weighted by Gasteiger charge is 1.73. The molecule has 0 radical (unpaired) electrons. The van der Waals surface area contributed by atoms with Crippen molar-refractivity contribution in [3.63, 3.8) is 0 Å². The van der Waals surface area contributed by atoms with Crippen LogP contribution >= 0.6 is 0 Å². The minimum atomic E-state index is -0.259. The molecule has 0 aliphatic carbocycles. The predicted octanol–water partition coefficient (Wildman–Crippen LogP) is 1.02. The molecule has 0 atom stereocenters. The molecule has 0 aromatic rings. The quantitative estimate of drug-likeness (QED) is 0.417. The summed E-state index contributed by atoms with van der Waals surface area (Å²) in [5.74, 6) is 1.83. The highest BCUT2D eigenvalue weighted by atomic mass is 16.1. The molecule has 7 heavy (non-hydrogen) atoms. The Balaban J connectivity index is 0. The van der Waals surface area contributed by atoms with E-state index in [9.17, 15) is 4.79 Å². The largest absolute Gasteiger partial charge is 0.272 e. The first-order valence-electron chi connectivity index (χ1n) is 1.50. The van der Waals surface area contributed by atoms with Crippen molar-refractivity contribution in [2.75, 3.05) is 0 Å². The van der Waals surface area contributed by atoms with Gasteiger partial charge in [0.2, 0.25) is 0 Å². The van der Waals surface area contributed by atoms with Crippen LogP contribution in [0.15, 0.2) is 11.6 Å². The molecule has 0 saturated carbocycles. The van der Waals surface area contributed by atoms with Crippen molar-refractivity contribution in [1.29, 1.82) is 0 Å². The number of carbonyl (C=O) groups excluding carboxylic acids is 1. The van der Waals surface area contributed by atoms with Crippen LogP contribution in [0.3, 0.4) is 0 Å². The van der Waals surface area contributed by atoms with E-state index in [1.54, 1.807) is 0 Å². The number of rotatable bonds is 0. The molecule has 0 spiro atoms. The van der Waals surface area contributed by atoms with Crippen molar-refractivity contribution >= 4 is 11.8 Å². The van der Waals surface area contributed by atoms with Gasteiger partial charge < -0.3 is 0 Å². The minimum Gasteiger partial charge on any atom is -0.272 e. The molecule has 1 amide bonds. The van der Waals surface area contributed by atoms with E-state index in [0.717, 1.165) is 0 Å². The van der Waals surface area contributed by atoms with E-state index in [1.807, 2.05) is 0 Å². The second kappa shape index (κ2) is 5.12. The molecule has 2 nitrogen and oxygen atoms in total. The fraction of sp³-hybridized carbons (Fsp3) is 0.400. The fourth-order valence-electron chi connectivity index (χ4n) is 0.111. The third-order valence-corrected chi connectivity index (χ3v) is 0.237. The van der Waals surface area contributed by atoms with Crippen molar-refractivity contribution < 1.29 is 4.79 Å². The molecule has 0 aliphatic heterocycles. The molecule has 0 heterocycles. The summed E-state index contributed by atoms with van der Waals surface area (Å²) in [6.45, 7) is 4.43. The molecule has 0 unspecified atom stereocenters. The summed E-state index contributed by atoms with van der Waals surface area (Å²) < 4.78 is 0. The van der Waals surface area contributed by atoms with Crippen molar-refractivity contribution in [3.8, 4) is 0 Å². The Labute approximate surface area is 43.6 Å². The van der Waals surface area contributed by atoms with Gasteiger partial charge in [0.1, 0.15) is 0 Å². The summed E-state index contributed by atoms with van der Waals surface area (Å²) in [4.78, 5) is 12.9. The lowest BCUT2D eigenvalue weighted by molar-refractivity contribution is -0.115. The molecule has 40 valence electrons. The highest BCUT2D eigenvalue weighted by Crippen LogP contribution is 1.61. The average Bonchev–Trinajstić information content (AvgIpc) is 1.35. The van der Waals surface area contributed by atoms with Gasteiger partial charge in [-0.1, -0.05) is 7.43 Å². The van der Waals surface area contributed by atoms with Crippen LogP contribution in [0.4, 0.5) is 0 Å². The van der Waals surface area contributed by atoms with E-state index in [2.05, 4.69) is 17.4 Å². The third-order valence-electron chi connectivity index (χ3n) is 0.237. The second-order valence-corrected chi connectivity index (χ2v) is 0.789. The Morgan fingerprint density at radius 3 is 2.29 bits per heavy atom. The third kappa shape index (κ3) is 11.1. The highest BCUT2D eigenvalue weighted by molar-refractivity contribution is 5.80. The first kappa shape index (κ1) is 9.45. The molecule has 0 aromatic heterocycles. The number of aliphatic imine (C=N–C) groups is 1. The lowest BCUT2D eigenvalue weighted by Gasteiger charge is -1.64. The van der Waals surface area contributed by atoms with Crippen molar-refractivity contribution in [3.05, 3.63) is 6.58 Å². The fourth-order valence-corrected chi connectivity index (χ4v) is 0.111. The van der Waals surface area contributed by atoms with Crippen LogP contribution in [0, 0.1) is 0 Å². The van der Waals surface area contributed by atoms with Gasteiger partial charge in [-0.25, -0.2) is 0 Å². The lowest BCUT2D eigenvalue weighted by atomic mass is 10.8. The maximum Gasteiger partial charge on any atom is 0.250 e. The summed E-state index contributed by atoms with van der Waals surface area (Å²) in [6.07, 6.45) is 0. The van der Waals surface area contributed by atoms with Crippen LogP contribution in [-0.4, -0.2) is 11.8 Å². The number of amides is 1. The standard InChI is InChI=1S/C4H5NO.CH4/c1-3-5-4(2)6;/h1H2,2H3;1H4. The minimum absolute atomic E-state index is 0. The van der Waals surface area contributed by atoms with Gasteiger partial charge >= 0.3 is 0 Å². The van der Waals surface area contributed by atoms with Crippen molar-refractivity contribution in [2.24, 2.45) is 4.99 Å². The van der Waals surface area contributed by atoms with Gasteiger partial charge in [-0.2, -0.15) is 4.99 Å². The second-order valence-electron chi connectivity index (χ2n) is 0.789. The smallest absolute Gasteiger partial charge is 0.250 e. The molecule has 0 bridgehead atoms. The van der Waals surface area contributed by atoms with E-state index < -0.39 is 0 Å². The molecular formula is C5H9NO. The molecule has 0 fully saturated rings. The zero-order valence-electron chi connectivity index (χ0n) is 3.56. The first-order chi connectivity index (χ1) is 2.77. The van der Waals surface area contributed by atoms with Crippen LogP contribution in [0.1, 0.15) is 14.4 Å². The molecule has 0 N–H and O–H groups in total. The topological polar surface area (TPSA) is 29.4 Å². The summed E-state index contributed by atoms with van der Waals surface area (Å²) in [6, 6.07) is 0. The van der Waals surface area contributed by atoms with E-state index in [-0.39, 0.29) is 13.3 Å². The molecule has 2 heteroatoms. The van der Waals surface area contributed by atoms with Gasteiger partial charge in [0.05, 0.1) is 0 Å². The lowest BCUT2D eigenvalue weighted by Crippen LogP contribution is -1.76. The van der Waals surface area contributed by atoms with E-state index >= 15 is 0 Å². The van der Waals surface area contributed by atoms with Crippen molar-refractivity contribution in [1.82, 2.24) is 0 Å². The van der Waals surface area contributed by atoms with Crippen LogP contribution in [-0.2, 0) is 4.79 Å². The number of hydrogen-bond donors (Lipinski definition) is 0. The van der Waals surface area contributed by atoms with Crippen LogP contribution in [0.5, 0.6) is 0 Å². The molecule has 0 rings (SSSR count). The Bertz CT molecular complexity index is 101. The maximum absolute atomic E-state index is 9.77. The SMILES string of the molecule is C.C=C=NC(C)=O. The van der Waals surface area contributed by atoms with Gasteiger partial charge in [0, 0.05) is 6.92 Å². The maximum atomic E-state index is 9.77. The van der Waals surface area contributed by atoms with E-state index in [4.69, 9.17) is 0 Å². The molecule has 0 saturated heterocycles. The molecular weight excluding hydrogens is 90.1 g/mol. The van der Waals surface area contributed by atoms with Gasteiger partial charge in [-0.15, -0.1) is 0 Å². The zero-order chi connectivity index (χ0) is 4.99. The molecule has 0 aliphatic rings. The van der Waals surface area contributed by atoms with Crippen LogP contribution in [0.2, 0.25) is 0 Å². The summed E-state index contributed by atoms with van der Waals surface area (Å²) >= 11 is 0. The molecule has 0 aromatic carbocycles.